The Bertz CT molecular complexity index is 843. The molecule has 1 N–H and O–H groups in total. The molecule has 4 heterocycles. The molecule has 0 saturated carbocycles. The lowest BCUT2D eigenvalue weighted by molar-refractivity contribution is -0.123. The zero-order valence-electron chi connectivity index (χ0n) is 15.2. The number of hydrogen-bond donors (Lipinski definition) is 1. The fraction of sp³-hybridized carbons (Fsp3) is 0.450. The molecule has 2 aromatic rings. The minimum Gasteiger partial charge on any atom is -0.354 e. The number of likely N-dealkylation sites (tertiary alicyclic amines) is 1. The molecule has 2 saturated heterocycles. The third kappa shape index (κ3) is 2.79. The first-order valence-corrected chi connectivity index (χ1v) is 9.21. The summed E-state index contributed by atoms with van der Waals surface area (Å²) >= 11 is 0. The van der Waals surface area contributed by atoms with Gasteiger partial charge in [-0.15, -0.1) is 0 Å². The Balaban J connectivity index is 1.61. The zero-order chi connectivity index (χ0) is 18.3. The maximum Gasteiger partial charge on any atom is 0.256 e. The maximum absolute atomic E-state index is 13.2. The first-order valence-electron chi connectivity index (χ1n) is 9.21. The van der Waals surface area contributed by atoms with Crippen molar-refractivity contribution in [2.24, 2.45) is 5.92 Å². The molecule has 6 heteroatoms. The van der Waals surface area contributed by atoms with Gasteiger partial charge in [-0.3, -0.25) is 14.6 Å². The van der Waals surface area contributed by atoms with Crippen LogP contribution >= 0.6 is 0 Å². The Kier molecular flexibility index (Phi) is 4.26. The Labute approximate surface area is 153 Å². The summed E-state index contributed by atoms with van der Waals surface area (Å²) < 4.78 is 2.13. The molecule has 0 bridgehead atoms. The van der Waals surface area contributed by atoms with E-state index in [1.807, 2.05) is 43.0 Å². The van der Waals surface area contributed by atoms with Gasteiger partial charge in [0, 0.05) is 30.7 Å². The summed E-state index contributed by atoms with van der Waals surface area (Å²) in [6, 6.07) is 7.82. The predicted molar refractivity (Wildman–Crippen MR) is 97.8 cm³/mol. The molecule has 2 atom stereocenters. The van der Waals surface area contributed by atoms with Gasteiger partial charge in [-0.25, -0.2) is 0 Å². The number of aryl methyl sites for hydroxylation is 1. The number of nitrogens with zero attached hydrogens (tertiary/aromatic N) is 3. The highest BCUT2D eigenvalue weighted by atomic mass is 16.2. The molecule has 0 unspecified atom stereocenters. The molecule has 0 radical (unpaired) electrons. The van der Waals surface area contributed by atoms with Crippen molar-refractivity contribution in [3.05, 3.63) is 53.1 Å². The topological polar surface area (TPSA) is 67.2 Å². The smallest absolute Gasteiger partial charge is 0.256 e. The van der Waals surface area contributed by atoms with E-state index >= 15 is 0 Å². The number of pyridine rings is 1. The van der Waals surface area contributed by atoms with Gasteiger partial charge in [0.1, 0.15) is 0 Å². The zero-order valence-corrected chi connectivity index (χ0v) is 15.2. The number of carbonyl (C=O) groups excluding carboxylic acids is 2. The number of rotatable bonds is 3. The Morgan fingerprint density at radius 3 is 2.96 bits per heavy atom. The van der Waals surface area contributed by atoms with Gasteiger partial charge in [-0.1, -0.05) is 6.07 Å². The third-order valence-electron chi connectivity index (χ3n) is 5.71. The van der Waals surface area contributed by atoms with E-state index in [4.69, 9.17) is 0 Å². The van der Waals surface area contributed by atoms with Gasteiger partial charge >= 0.3 is 0 Å². The Hall–Kier alpha value is -2.63. The van der Waals surface area contributed by atoms with E-state index in [9.17, 15) is 9.59 Å². The first-order chi connectivity index (χ1) is 12.6. The van der Waals surface area contributed by atoms with Gasteiger partial charge in [-0.2, -0.15) is 0 Å². The van der Waals surface area contributed by atoms with Crippen LogP contribution in [0, 0.1) is 19.8 Å². The number of carbonyl (C=O) groups is 2. The second-order valence-corrected chi connectivity index (χ2v) is 7.25. The van der Waals surface area contributed by atoms with Crippen LogP contribution < -0.4 is 5.32 Å². The van der Waals surface area contributed by atoms with Crippen LogP contribution in [0.3, 0.4) is 0 Å². The molecule has 0 spiro atoms. The van der Waals surface area contributed by atoms with Crippen LogP contribution in [0.25, 0.3) is 0 Å². The number of piperidine rings is 1. The average Bonchev–Trinajstić information content (AvgIpc) is 3.17. The van der Waals surface area contributed by atoms with Crippen molar-refractivity contribution in [1.29, 1.82) is 0 Å². The van der Waals surface area contributed by atoms with Crippen LogP contribution in [0.15, 0.2) is 30.5 Å². The molecule has 0 aliphatic carbocycles. The molecule has 26 heavy (non-hydrogen) atoms. The van der Waals surface area contributed by atoms with Crippen LogP contribution in [0.1, 0.15) is 40.3 Å². The Morgan fingerprint density at radius 2 is 2.19 bits per heavy atom. The van der Waals surface area contributed by atoms with Crippen molar-refractivity contribution < 1.29 is 9.59 Å². The van der Waals surface area contributed by atoms with E-state index in [0.717, 1.165) is 42.0 Å². The molecule has 4 rings (SSSR count). The van der Waals surface area contributed by atoms with Crippen LogP contribution in [0.5, 0.6) is 0 Å². The molecular formula is C20H24N4O2. The summed E-state index contributed by atoms with van der Waals surface area (Å²) in [6.07, 6.45) is 3.54. The van der Waals surface area contributed by atoms with E-state index in [0.29, 0.717) is 13.1 Å². The lowest BCUT2D eigenvalue weighted by Gasteiger charge is -2.36. The van der Waals surface area contributed by atoms with Gasteiger partial charge < -0.3 is 14.8 Å². The summed E-state index contributed by atoms with van der Waals surface area (Å²) in [5, 5.41) is 2.92. The van der Waals surface area contributed by atoms with Gasteiger partial charge in [-0.05, 0) is 44.9 Å². The van der Waals surface area contributed by atoms with Gasteiger partial charge in [0.15, 0.2) is 0 Å². The number of hydrogen-bond acceptors (Lipinski definition) is 3. The standard InChI is InChI=1S/C20H24N4O2/c1-13-10-17(14(2)24(13)12-15-6-3-4-8-21-15)20(26)23-9-5-7-16-18(23)11-22-19(16)25/h3-4,6,8,10,16,18H,5,7,9,11-12H2,1-2H3,(H,22,25)/t16-,18-/m1/s1. The minimum absolute atomic E-state index is 0.0115. The lowest BCUT2D eigenvalue weighted by atomic mass is 9.91. The highest BCUT2D eigenvalue weighted by Gasteiger charge is 2.43. The van der Waals surface area contributed by atoms with Crippen LogP contribution in [-0.4, -0.2) is 45.4 Å². The molecule has 6 nitrogen and oxygen atoms in total. The second-order valence-electron chi connectivity index (χ2n) is 7.25. The first kappa shape index (κ1) is 16.8. The molecule has 2 aliphatic rings. The summed E-state index contributed by atoms with van der Waals surface area (Å²) in [6.45, 7) is 5.95. The van der Waals surface area contributed by atoms with Crippen molar-refractivity contribution in [2.75, 3.05) is 13.1 Å². The monoisotopic (exact) mass is 352 g/mol. The normalized spacial score (nSPS) is 22.2. The van der Waals surface area contributed by atoms with Gasteiger partial charge in [0.2, 0.25) is 5.91 Å². The van der Waals surface area contributed by atoms with E-state index in [2.05, 4.69) is 14.9 Å². The molecule has 0 aromatic carbocycles. The SMILES string of the molecule is Cc1cc(C(=O)N2CCC[C@H]3C(=O)NC[C@H]32)c(C)n1Cc1ccccn1. The molecule has 2 aliphatic heterocycles. The summed E-state index contributed by atoms with van der Waals surface area (Å²) in [5.74, 6) is 0.0782. The fourth-order valence-corrected chi connectivity index (χ4v) is 4.27. The van der Waals surface area contributed by atoms with Crippen molar-refractivity contribution >= 4 is 11.8 Å². The fourth-order valence-electron chi connectivity index (χ4n) is 4.27. The highest BCUT2D eigenvalue weighted by molar-refractivity contribution is 5.97. The summed E-state index contributed by atoms with van der Waals surface area (Å²) in [5.41, 5.74) is 3.71. The second kappa shape index (κ2) is 6.59. The third-order valence-corrected chi connectivity index (χ3v) is 5.71. The Morgan fingerprint density at radius 1 is 1.35 bits per heavy atom. The van der Waals surface area contributed by atoms with E-state index in [-0.39, 0.29) is 23.8 Å². The average molecular weight is 352 g/mol. The largest absolute Gasteiger partial charge is 0.354 e. The predicted octanol–water partition coefficient (Wildman–Crippen LogP) is 1.90. The van der Waals surface area contributed by atoms with Crippen LogP contribution in [0.4, 0.5) is 0 Å². The van der Waals surface area contributed by atoms with E-state index in [1.54, 1.807) is 6.20 Å². The molecule has 2 amide bonds. The van der Waals surface area contributed by atoms with E-state index in [1.165, 1.54) is 0 Å². The minimum atomic E-state index is -0.0512. The van der Waals surface area contributed by atoms with E-state index < -0.39 is 0 Å². The number of aromatic nitrogens is 2. The van der Waals surface area contributed by atoms with Crippen molar-refractivity contribution in [1.82, 2.24) is 19.8 Å². The van der Waals surface area contributed by atoms with Crippen molar-refractivity contribution in [3.8, 4) is 0 Å². The number of fused-ring (bicyclic) bond motifs is 1. The number of nitrogens with one attached hydrogen (secondary N) is 1. The summed E-state index contributed by atoms with van der Waals surface area (Å²) in [7, 11) is 0. The van der Waals surface area contributed by atoms with Crippen LogP contribution in [-0.2, 0) is 11.3 Å². The van der Waals surface area contributed by atoms with Crippen molar-refractivity contribution in [2.45, 2.75) is 39.3 Å². The van der Waals surface area contributed by atoms with Gasteiger partial charge in [0.25, 0.3) is 5.91 Å². The molecule has 136 valence electrons. The van der Waals surface area contributed by atoms with Crippen molar-refractivity contribution in [3.63, 3.8) is 0 Å². The van der Waals surface area contributed by atoms with Gasteiger partial charge in [0.05, 0.1) is 29.8 Å². The molecule has 2 fully saturated rings. The number of amides is 2. The summed E-state index contributed by atoms with van der Waals surface area (Å²) in [4.78, 5) is 31.5. The maximum atomic E-state index is 13.2. The molecule has 2 aromatic heterocycles. The lowest BCUT2D eigenvalue weighted by Crippen LogP contribution is -2.48. The highest BCUT2D eigenvalue weighted by Crippen LogP contribution is 2.29. The van der Waals surface area contributed by atoms with Crippen LogP contribution in [0.2, 0.25) is 0 Å². The quantitative estimate of drug-likeness (QED) is 0.917. The molecular weight excluding hydrogens is 328 g/mol.